The molecule has 1 atom stereocenters. The molecule has 0 bridgehead atoms. The van der Waals surface area contributed by atoms with Crippen LogP contribution >= 0.6 is 0 Å². The molecule has 0 aromatic carbocycles. The van der Waals surface area contributed by atoms with E-state index < -0.39 is 0 Å². The fourth-order valence-corrected chi connectivity index (χ4v) is 1.57. The van der Waals surface area contributed by atoms with Crippen LogP contribution in [0.4, 0.5) is 11.5 Å². The Balaban J connectivity index is 1.99. The van der Waals surface area contributed by atoms with Gasteiger partial charge < -0.3 is 15.4 Å². The van der Waals surface area contributed by atoms with Crippen molar-refractivity contribution in [2.24, 2.45) is 0 Å². The highest BCUT2D eigenvalue weighted by Crippen LogP contribution is 2.23. The van der Waals surface area contributed by atoms with Crippen molar-refractivity contribution in [1.82, 2.24) is 4.98 Å². The van der Waals surface area contributed by atoms with E-state index in [1.165, 1.54) is 0 Å². The van der Waals surface area contributed by atoms with E-state index in [1.54, 1.807) is 13.3 Å². The van der Waals surface area contributed by atoms with Crippen LogP contribution in [0.3, 0.4) is 0 Å². The monoisotopic (exact) mass is 193 g/mol. The summed E-state index contributed by atoms with van der Waals surface area (Å²) in [6.45, 7) is 1.71. The quantitative estimate of drug-likeness (QED) is 0.760. The van der Waals surface area contributed by atoms with E-state index in [4.69, 9.17) is 4.74 Å². The Bertz CT molecular complexity index is 303. The molecule has 2 heterocycles. The van der Waals surface area contributed by atoms with Crippen molar-refractivity contribution in [3.05, 3.63) is 18.3 Å². The van der Waals surface area contributed by atoms with Gasteiger partial charge in [-0.05, 0) is 18.6 Å². The van der Waals surface area contributed by atoms with Crippen molar-refractivity contribution in [1.29, 1.82) is 0 Å². The zero-order chi connectivity index (χ0) is 9.80. The van der Waals surface area contributed by atoms with E-state index in [2.05, 4.69) is 15.6 Å². The largest absolute Gasteiger partial charge is 0.385 e. The summed E-state index contributed by atoms with van der Waals surface area (Å²) in [4.78, 5) is 4.26. The van der Waals surface area contributed by atoms with Crippen LogP contribution < -0.4 is 10.6 Å². The predicted octanol–water partition coefficient (Wildman–Crippen LogP) is 1.32. The maximum Gasteiger partial charge on any atom is 0.149 e. The molecule has 2 N–H and O–H groups in total. The van der Waals surface area contributed by atoms with E-state index >= 15 is 0 Å². The number of nitrogens with zero attached hydrogens (tertiary/aromatic N) is 1. The number of hydrogen-bond acceptors (Lipinski definition) is 4. The molecule has 0 saturated carbocycles. The Morgan fingerprint density at radius 3 is 3.43 bits per heavy atom. The van der Waals surface area contributed by atoms with Crippen molar-refractivity contribution in [2.45, 2.75) is 12.5 Å². The molecule has 4 heteroatoms. The Labute approximate surface area is 83.7 Å². The summed E-state index contributed by atoms with van der Waals surface area (Å²) in [5.41, 5.74) is 1.08. The highest BCUT2D eigenvalue weighted by molar-refractivity contribution is 5.66. The van der Waals surface area contributed by atoms with Gasteiger partial charge >= 0.3 is 0 Å². The lowest BCUT2D eigenvalue weighted by Crippen LogP contribution is -2.34. The third kappa shape index (κ3) is 1.96. The average Bonchev–Trinajstić information content (AvgIpc) is 2.26. The molecule has 76 valence electrons. The molecule has 1 unspecified atom stereocenters. The first-order valence-electron chi connectivity index (χ1n) is 4.84. The van der Waals surface area contributed by atoms with E-state index in [0.717, 1.165) is 31.1 Å². The first-order valence-corrected chi connectivity index (χ1v) is 4.84. The van der Waals surface area contributed by atoms with Gasteiger partial charge in [0.25, 0.3) is 0 Å². The first kappa shape index (κ1) is 9.27. The summed E-state index contributed by atoms with van der Waals surface area (Å²) in [6.07, 6.45) is 2.80. The zero-order valence-electron chi connectivity index (χ0n) is 8.29. The summed E-state index contributed by atoms with van der Waals surface area (Å²) in [7, 11) is 1.72. The number of fused-ring (bicyclic) bond motifs is 1. The maximum atomic E-state index is 5.04. The van der Waals surface area contributed by atoms with Crippen LogP contribution in [0.5, 0.6) is 0 Å². The van der Waals surface area contributed by atoms with Gasteiger partial charge in [0.1, 0.15) is 5.82 Å². The van der Waals surface area contributed by atoms with Gasteiger partial charge in [-0.1, -0.05) is 0 Å². The van der Waals surface area contributed by atoms with Crippen molar-refractivity contribution < 1.29 is 4.74 Å². The Morgan fingerprint density at radius 1 is 1.64 bits per heavy atom. The van der Waals surface area contributed by atoms with Crippen LogP contribution in [0.25, 0.3) is 0 Å². The molecule has 14 heavy (non-hydrogen) atoms. The molecule has 0 saturated heterocycles. The van der Waals surface area contributed by atoms with Crippen molar-refractivity contribution in [2.75, 3.05) is 30.9 Å². The molecule has 1 aliphatic rings. The molecule has 0 amide bonds. The van der Waals surface area contributed by atoms with E-state index in [0.29, 0.717) is 6.04 Å². The lowest BCUT2D eigenvalue weighted by molar-refractivity contribution is 0.190. The van der Waals surface area contributed by atoms with Crippen molar-refractivity contribution in [3.63, 3.8) is 0 Å². The fraction of sp³-hybridized carbons (Fsp3) is 0.500. The number of anilines is 2. The van der Waals surface area contributed by atoms with Crippen LogP contribution in [0, 0.1) is 0 Å². The summed E-state index contributed by atoms with van der Waals surface area (Å²) >= 11 is 0. The zero-order valence-corrected chi connectivity index (χ0v) is 8.29. The Hall–Kier alpha value is -1.29. The highest BCUT2D eigenvalue weighted by atomic mass is 16.5. The van der Waals surface area contributed by atoms with Crippen LogP contribution in [-0.4, -0.2) is 31.3 Å². The molecule has 1 aromatic rings. The molecule has 0 aliphatic carbocycles. The molecular weight excluding hydrogens is 178 g/mol. The van der Waals surface area contributed by atoms with Gasteiger partial charge in [0.2, 0.25) is 0 Å². The van der Waals surface area contributed by atoms with Crippen LogP contribution in [0.2, 0.25) is 0 Å². The highest BCUT2D eigenvalue weighted by Gasteiger charge is 2.16. The SMILES string of the molecule is COCCC1CNc2cccnc2N1. The van der Waals surface area contributed by atoms with E-state index in [9.17, 15) is 0 Å². The smallest absolute Gasteiger partial charge is 0.149 e. The average molecular weight is 193 g/mol. The number of aromatic nitrogens is 1. The van der Waals surface area contributed by atoms with Gasteiger partial charge in [0.05, 0.1) is 5.69 Å². The third-order valence-electron chi connectivity index (χ3n) is 2.36. The molecular formula is C10H15N3O. The molecule has 1 aliphatic heterocycles. The van der Waals surface area contributed by atoms with Gasteiger partial charge in [-0.15, -0.1) is 0 Å². The Morgan fingerprint density at radius 2 is 2.57 bits per heavy atom. The van der Waals surface area contributed by atoms with E-state index in [-0.39, 0.29) is 0 Å². The minimum absolute atomic E-state index is 0.414. The number of ether oxygens (including phenoxy) is 1. The maximum absolute atomic E-state index is 5.04. The van der Waals surface area contributed by atoms with Gasteiger partial charge in [-0.3, -0.25) is 0 Å². The molecule has 0 spiro atoms. The van der Waals surface area contributed by atoms with Gasteiger partial charge in [-0.2, -0.15) is 0 Å². The molecule has 2 rings (SSSR count). The lowest BCUT2D eigenvalue weighted by atomic mass is 10.1. The number of pyridine rings is 1. The van der Waals surface area contributed by atoms with Gasteiger partial charge in [0.15, 0.2) is 0 Å². The minimum Gasteiger partial charge on any atom is -0.385 e. The summed E-state index contributed by atoms with van der Waals surface area (Å²) in [5, 5.41) is 6.72. The molecule has 4 nitrogen and oxygen atoms in total. The summed E-state index contributed by atoms with van der Waals surface area (Å²) < 4.78 is 5.04. The number of rotatable bonds is 3. The minimum atomic E-state index is 0.414. The normalized spacial score (nSPS) is 19.4. The molecule has 1 aromatic heterocycles. The molecule has 0 fully saturated rings. The summed E-state index contributed by atoms with van der Waals surface area (Å²) in [5.74, 6) is 0.944. The number of nitrogens with one attached hydrogen (secondary N) is 2. The van der Waals surface area contributed by atoms with Crippen LogP contribution in [0.1, 0.15) is 6.42 Å². The summed E-state index contributed by atoms with van der Waals surface area (Å²) in [6, 6.07) is 4.38. The number of hydrogen-bond donors (Lipinski definition) is 2. The van der Waals surface area contributed by atoms with Gasteiger partial charge in [0, 0.05) is 32.5 Å². The van der Waals surface area contributed by atoms with E-state index in [1.807, 2.05) is 12.1 Å². The third-order valence-corrected chi connectivity index (χ3v) is 2.36. The second kappa shape index (κ2) is 4.28. The molecule has 0 radical (unpaired) electrons. The Kier molecular flexibility index (Phi) is 2.84. The second-order valence-corrected chi connectivity index (χ2v) is 3.40. The standard InChI is InChI=1S/C10H15N3O/c1-14-6-4-8-7-12-9-3-2-5-11-10(9)13-8/h2-3,5,8,12H,4,6-7H2,1H3,(H,11,13). The topological polar surface area (TPSA) is 46.2 Å². The van der Waals surface area contributed by atoms with Gasteiger partial charge in [-0.25, -0.2) is 4.98 Å². The first-order chi connectivity index (χ1) is 6.90. The van der Waals surface area contributed by atoms with Crippen LogP contribution in [0.15, 0.2) is 18.3 Å². The van der Waals surface area contributed by atoms with Crippen LogP contribution in [-0.2, 0) is 4.74 Å². The van der Waals surface area contributed by atoms with Crippen molar-refractivity contribution in [3.8, 4) is 0 Å². The van der Waals surface area contributed by atoms with Crippen molar-refractivity contribution >= 4 is 11.5 Å². The fourth-order valence-electron chi connectivity index (χ4n) is 1.57. The number of methoxy groups -OCH3 is 1. The predicted molar refractivity (Wildman–Crippen MR) is 56.6 cm³/mol. The second-order valence-electron chi connectivity index (χ2n) is 3.40. The lowest BCUT2D eigenvalue weighted by Gasteiger charge is -2.26.